The molecule has 3 aromatic carbocycles. The summed E-state index contributed by atoms with van der Waals surface area (Å²) in [5, 5.41) is 15.9. The van der Waals surface area contributed by atoms with Crippen LogP contribution in [-0.4, -0.2) is 29.6 Å². The Balaban J connectivity index is 2.01. The zero-order valence-electron chi connectivity index (χ0n) is 19.4. The van der Waals surface area contributed by atoms with Gasteiger partial charge in [-0.2, -0.15) is 0 Å². The van der Waals surface area contributed by atoms with Crippen LogP contribution in [0, 0.1) is 5.41 Å². The molecular weight excluding hydrogens is 412 g/mol. The second-order valence-corrected chi connectivity index (χ2v) is 8.88. The molecule has 0 aliphatic rings. The average molecular weight is 445 g/mol. The number of carbonyl (C=O) groups is 2. The molecule has 0 aliphatic carbocycles. The first-order chi connectivity index (χ1) is 15.8. The molecule has 0 radical (unpaired) electrons. The number of carboxylic acids is 1. The van der Waals surface area contributed by atoms with Gasteiger partial charge in [-0.25, -0.2) is 4.79 Å². The quantitative estimate of drug-likeness (QED) is 0.400. The van der Waals surface area contributed by atoms with E-state index >= 15 is 0 Å². The predicted octanol–water partition coefficient (Wildman–Crippen LogP) is 4.57. The van der Waals surface area contributed by atoms with Crippen LogP contribution in [0.5, 0.6) is 0 Å². The van der Waals surface area contributed by atoms with Crippen LogP contribution >= 0.6 is 0 Å². The molecule has 1 amide bonds. The number of aliphatic carboxylic acids is 1. The first-order valence-electron chi connectivity index (χ1n) is 11.2. The number of carboxylic acid groups (broad SMARTS) is 1. The first kappa shape index (κ1) is 24.2. The van der Waals surface area contributed by atoms with Crippen molar-refractivity contribution in [2.45, 2.75) is 38.8 Å². The average Bonchev–Trinajstić information content (AvgIpc) is 2.84. The predicted molar refractivity (Wildman–Crippen MR) is 131 cm³/mol. The number of benzene rings is 3. The highest BCUT2D eigenvalue weighted by atomic mass is 16.4. The van der Waals surface area contributed by atoms with Crippen molar-refractivity contribution in [1.29, 1.82) is 0 Å². The molecular formula is C28H32N2O3. The van der Waals surface area contributed by atoms with Crippen LogP contribution in [0.25, 0.3) is 0 Å². The van der Waals surface area contributed by atoms with Gasteiger partial charge >= 0.3 is 5.97 Å². The van der Waals surface area contributed by atoms with E-state index in [9.17, 15) is 14.7 Å². The van der Waals surface area contributed by atoms with Crippen molar-refractivity contribution in [3.63, 3.8) is 0 Å². The number of nitrogens with one attached hydrogen (secondary N) is 2. The lowest BCUT2D eigenvalue weighted by Crippen LogP contribution is -2.54. The lowest BCUT2D eigenvalue weighted by atomic mass is 9.77. The normalized spacial score (nSPS) is 12.7. The molecule has 0 saturated carbocycles. The molecule has 1 atom stereocenters. The fraction of sp³-hybridized carbons (Fsp3) is 0.286. The van der Waals surface area contributed by atoms with Crippen LogP contribution in [0.1, 0.15) is 43.9 Å². The summed E-state index contributed by atoms with van der Waals surface area (Å²) in [5.74, 6) is -1.40. The molecule has 0 aliphatic heterocycles. The van der Waals surface area contributed by atoms with E-state index in [1.807, 2.05) is 112 Å². The van der Waals surface area contributed by atoms with Crippen molar-refractivity contribution < 1.29 is 14.7 Å². The maximum atomic E-state index is 13.0. The third-order valence-corrected chi connectivity index (χ3v) is 6.38. The summed E-state index contributed by atoms with van der Waals surface area (Å²) in [6.07, 6.45) is 0.625. The maximum Gasteiger partial charge on any atom is 0.326 e. The van der Waals surface area contributed by atoms with Crippen LogP contribution in [0.15, 0.2) is 91.0 Å². The van der Waals surface area contributed by atoms with Gasteiger partial charge in [0.1, 0.15) is 6.04 Å². The number of hydrogen-bond acceptors (Lipinski definition) is 3. The minimum atomic E-state index is -1.03. The molecule has 1 unspecified atom stereocenters. The molecule has 172 valence electrons. The third-order valence-electron chi connectivity index (χ3n) is 6.38. The molecule has 5 nitrogen and oxygen atoms in total. The zero-order chi connectivity index (χ0) is 23.9. The summed E-state index contributed by atoms with van der Waals surface area (Å²) in [5.41, 5.74) is 1.59. The van der Waals surface area contributed by atoms with Gasteiger partial charge in [-0.3, -0.25) is 10.1 Å². The second kappa shape index (κ2) is 10.5. The van der Waals surface area contributed by atoms with E-state index in [2.05, 4.69) is 10.6 Å². The summed E-state index contributed by atoms with van der Waals surface area (Å²) in [6, 6.07) is 28.9. The van der Waals surface area contributed by atoms with E-state index in [1.165, 1.54) is 0 Å². The highest BCUT2D eigenvalue weighted by Gasteiger charge is 2.38. The lowest BCUT2D eigenvalue weighted by molar-refractivity contribution is -0.145. The highest BCUT2D eigenvalue weighted by molar-refractivity contribution is 5.85. The molecule has 5 heteroatoms. The fourth-order valence-corrected chi connectivity index (χ4v) is 4.09. The first-order valence-corrected chi connectivity index (χ1v) is 11.2. The number of hydrogen-bond donors (Lipinski definition) is 3. The standard InChI is InChI=1S/C28H32N2O3/c1-4-27(2,3)25(26(32)33)30-24(31)20-29-28(21-14-8-5-9-15-21,22-16-10-6-11-17-22)23-18-12-7-13-19-23/h5-19,25,29H,4,20H2,1-3H3,(H,30,31)(H,32,33). The van der Waals surface area contributed by atoms with Crippen LogP contribution in [0.4, 0.5) is 0 Å². The smallest absolute Gasteiger partial charge is 0.326 e. The van der Waals surface area contributed by atoms with E-state index in [4.69, 9.17) is 0 Å². The summed E-state index contributed by atoms with van der Waals surface area (Å²) >= 11 is 0. The lowest BCUT2D eigenvalue weighted by Gasteiger charge is -2.37. The summed E-state index contributed by atoms with van der Waals surface area (Å²) in [7, 11) is 0. The number of amides is 1. The molecule has 0 fully saturated rings. The fourth-order valence-electron chi connectivity index (χ4n) is 4.09. The Morgan fingerprint density at radius 1 is 0.788 bits per heavy atom. The van der Waals surface area contributed by atoms with E-state index in [1.54, 1.807) is 0 Å². The minimum Gasteiger partial charge on any atom is -0.480 e. The Hall–Kier alpha value is -3.44. The molecule has 0 spiro atoms. The van der Waals surface area contributed by atoms with E-state index in [-0.39, 0.29) is 12.5 Å². The van der Waals surface area contributed by atoms with Gasteiger partial charge in [0.25, 0.3) is 0 Å². The summed E-state index contributed by atoms with van der Waals surface area (Å²) < 4.78 is 0. The maximum absolute atomic E-state index is 13.0. The van der Waals surface area contributed by atoms with Crippen molar-refractivity contribution in [3.8, 4) is 0 Å². The zero-order valence-corrected chi connectivity index (χ0v) is 19.4. The molecule has 0 aromatic heterocycles. The SMILES string of the molecule is CCC(C)(C)C(NC(=O)CNC(c1ccccc1)(c1ccccc1)c1ccccc1)C(=O)O. The Labute approximate surface area is 195 Å². The van der Waals surface area contributed by atoms with E-state index in [0.717, 1.165) is 16.7 Å². The van der Waals surface area contributed by atoms with Crippen molar-refractivity contribution in [2.24, 2.45) is 5.41 Å². The molecule has 3 rings (SSSR count). The second-order valence-electron chi connectivity index (χ2n) is 8.88. The van der Waals surface area contributed by atoms with Crippen LogP contribution in [0.2, 0.25) is 0 Å². The number of rotatable bonds is 10. The Morgan fingerprint density at radius 2 is 1.18 bits per heavy atom. The molecule has 0 heterocycles. The summed E-state index contributed by atoms with van der Waals surface area (Å²) in [6.45, 7) is 5.57. The molecule has 0 saturated heterocycles. The molecule has 3 N–H and O–H groups in total. The largest absolute Gasteiger partial charge is 0.480 e. The van der Waals surface area contributed by atoms with Crippen LogP contribution in [-0.2, 0) is 15.1 Å². The Kier molecular flexibility index (Phi) is 7.67. The van der Waals surface area contributed by atoms with Crippen molar-refractivity contribution in [1.82, 2.24) is 10.6 Å². The van der Waals surface area contributed by atoms with Crippen molar-refractivity contribution in [2.75, 3.05) is 6.54 Å². The van der Waals surface area contributed by atoms with Gasteiger partial charge in [0.05, 0.1) is 12.1 Å². The topological polar surface area (TPSA) is 78.4 Å². The van der Waals surface area contributed by atoms with Gasteiger partial charge in [0.2, 0.25) is 5.91 Å². The van der Waals surface area contributed by atoms with Gasteiger partial charge in [0.15, 0.2) is 0 Å². The summed E-state index contributed by atoms with van der Waals surface area (Å²) in [4.78, 5) is 24.9. The van der Waals surface area contributed by atoms with Gasteiger partial charge in [-0.15, -0.1) is 0 Å². The van der Waals surface area contributed by atoms with Crippen molar-refractivity contribution >= 4 is 11.9 Å². The van der Waals surface area contributed by atoms with Gasteiger partial charge in [-0.05, 0) is 28.5 Å². The van der Waals surface area contributed by atoms with Gasteiger partial charge in [0, 0.05) is 0 Å². The molecule has 33 heavy (non-hydrogen) atoms. The van der Waals surface area contributed by atoms with Crippen LogP contribution in [0.3, 0.4) is 0 Å². The molecule has 0 bridgehead atoms. The Morgan fingerprint density at radius 3 is 1.52 bits per heavy atom. The third kappa shape index (κ3) is 5.32. The highest BCUT2D eigenvalue weighted by Crippen LogP contribution is 2.36. The van der Waals surface area contributed by atoms with E-state index < -0.39 is 23.0 Å². The van der Waals surface area contributed by atoms with Gasteiger partial charge in [-0.1, -0.05) is 112 Å². The monoisotopic (exact) mass is 444 g/mol. The van der Waals surface area contributed by atoms with Gasteiger partial charge < -0.3 is 10.4 Å². The van der Waals surface area contributed by atoms with Crippen molar-refractivity contribution in [3.05, 3.63) is 108 Å². The van der Waals surface area contributed by atoms with Crippen LogP contribution < -0.4 is 10.6 Å². The molecule has 3 aromatic rings. The van der Waals surface area contributed by atoms with E-state index in [0.29, 0.717) is 6.42 Å². The Bertz CT molecular complexity index is 954. The number of carbonyl (C=O) groups excluding carboxylic acids is 1. The minimum absolute atomic E-state index is 0.0533.